The second-order valence-electron chi connectivity index (χ2n) is 1.80. The fraction of sp³-hybridized carbons (Fsp3) is 0.667. The van der Waals surface area contributed by atoms with Crippen LogP contribution in [0.4, 0.5) is 0 Å². The molecule has 0 aliphatic carbocycles. The van der Waals surface area contributed by atoms with Crippen LogP contribution >= 0.6 is 0 Å². The van der Waals surface area contributed by atoms with Gasteiger partial charge < -0.3 is 4.43 Å². The molecule has 0 heterocycles. The Balaban J connectivity index is 3.21. The molecular formula is C6H14OSi. The summed E-state index contributed by atoms with van der Waals surface area (Å²) in [5.41, 5.74) is 0. The van der Waals surface area contributed by atoms with Gasteiger partial charge in [0.05, 0.1) is 6.10 Å². The van der Waals surface area contributed by atoms with Gasteiger partial charge in [0.15, 0.2) is 0 Å². The smallest absolute Gasteiger partial charge is 0.146 e. The van der Waals surface area contributed by atoms with Gasteiger partial charge in [-0.15, -0.1) is 6.58 Å². The third-order valence-corrected chi connectivity index (χ3v) is 1.74. The van der Waals surface area contributed by atoms with Crippen molar-refractivity contribution in [3.05, 3.63) is 12.7 Å². The first-order valence-electron chi connectivity index (χ1n) is 3.00. The highest BCUT2D eigenvalue weighted by atomic mass is 28.2. The van der Waals surface area contributed by atoms with Crippen molar-refractivity contribution in [1.29, 1.82) is 0 Å². The van der Waals surface area contributed by atoms with Crippen LogP contribution < -0.4 is 0 Å². The van der Waals surface area contributed by atoms with E-state index in [9.17, 15) is 0 Å². The van der Waals surface area contributed by atoms with Crippen molar-refractivity contribution >= 4 is 10.5 Å². The highest BCUT2D eigenvalue weighted by Gasteiger charge is 1.95. The van der Waals surface area contributed by atoms with Crippen molar-refractivity contribution < 1.29 is 4.43 Å². The quantitative estimate of drug-likeness (QED) is 0.401. The maximum atomic E-state index is 5.16. The molecular weight excluding hydrogens is 116 g/mol. The molecule has 0 fully saturated rings. The normalized spacial score (nSPS) is 13.6. The standard InChI is InChI=1S/C6H14OSi/c1-3-5-6(4-2)7-8/h4,6H,2-3,5H2,1,8H3. The van der Waals surface area contributed by atoms with Gasteiger partial charge >= 0.3 is 0 Å². The van der Waals surface area contributed by atoms with Crippen molar-refractivity contribution in [2.24, 2.45) is 0 Å². The summed E-state index contributed by atoms with van der Waals surface area (Å²) >= 11 is 0. The van der Waals surface area contributed by atoms with E-state index in [4.69, 9.17) is 4.43 Å². The van der Waals surface area contributed by atoms with Crippen molar-refractivity contribution in [1.82, 2.24) is 0 Å². The second-order valence-corrected chi connectivity index (χ2v) is 2.27. The summed E-state index contributed by atoms with van der Waals surface area (Å²) in [5, 5.41) is 0. The van der Waals surface area contributed by atoms with E-state index in [1.165, 1.54) is 6.42 Å². The van der Waals surface area contributed by atoms with E-state index in [2.05, 4.69) is 13.5 Å². The first-order chi connectivity index (χ1) is 3.85. The van der Waals surface area contributed by atoms with Crippen LogP contribution in [-0.4, -0.2) is 16.6 Å². The molecule has 0 aliphatic rings. The summed E-state index contributed by atoms with van der Waals surface area (Å²) in [6, 6.07) is 0. The lowest BCUT2D eigenvalue weighted by Gasteiger charge is -2.07. The molecule has 0 N–H and O–H groups in total. The summed E-state index contributed by atoms with van der Waals surface area (Å²) in [4.78, 5) is 0. The van der Waals surface area contributed by atoms with E-state index in [-0.39, 0.29) is 0 Å². The van der Waals surface area contributed by atoms with Gasteiger partial charge in [-0.25, -0.2) is 0 Å². The van der Waals surface area contributed by atoms with E-state index < -0.39 is 0 Å². The van der Waals surface area contributed by atoms with Gasteiger partial charge in [-0.1, -0.05) is 19.4 Å². The summed E-state index contributed by atoms with van der Waals surface area (Å²) < 4.78 is 5.16. The van der Waals surface area contributed by atoms with Gasteiger partial charge in [-0.05, 0) is 6.42 Å². The molecule has 0 aromatic heterocycles. The van der Waals surface area contributed by atoms with E-state index in [0.717, 1.165) is 16.9 Å². The van der Waals surface area contributed by atoms with Crippen LogP contribution in [0.15, 0.2) is 12.7 Å². The molecule has 0 rings (SSSR count). The van der Waals surface area contributed by atoms with Crippen molar-refractivity contribution in [3.63, 3.8) is 0 Å². The Morgan fingerprint density at radius 1 is 1.88 bits per heavy atom. The van der Waals surface area contributed by atoms with Gasteiger partial charge in [0, 0.05) is 0 Å². The molecule has 2 heteroatoms. The van der Waals surface area contributed by atoms with E-state index in [1.807, 2.05) is 6.08 Å². The van der Waals surface area contributed by atoms with Crippen LogP contribution in [0.25, 0.3) is 0 Å². The van der Waals surface area contributed by atoms with Crippen molar-refractivity contribution in [3.8, 4) is 0 Å². The van der Waals surface area contributed by atoms with Crippen LogP contribution in [0.2, 0.25) is 0 Å². The Morgan fingerprint density at radius 3 is 2.62 bits per heavy atom. The fourth-order valence-corrected chi connectivity index (χ4v) is 1.04. The molecule has 0 saturated carbocycles. The molecule has 1 atom stereocenters. The van der Waals surface area contributed by atoms with E-state index >= 15 is 0 Å². The van der Waals surface area contributed by atoms with Gasteiger partial charge in [0.2, 0.25) is 0 Å². The molecule has 0 aromatic carbocycles. The number of rotatable bonds is 4. The first-order valence-corrected chi connectivity index (χ1v) is 3.82. The first kappa shape index (κ1) is 7.92. The summed E-state index contributed by atoms with van der Waals surface area (Å²) in [5.74, 6) is 0. The minimum Gasteiger partial charge on any atom is -0.422 e. The summed E-state index contributed by atoms with van der Waals surface area (Å²) in [6.45, 7) is 5.80. The molecule has 8 heavy (non-hydrogen) atoms. The highest BCUT2D eigenvalue weighted by molar-refractivity contribution is 5.98. The zero-order valence-corrected chi connectivity index (χ0v) is 7.68. The molecule has 48 valence electrons. The van der Waals surface area contributed by atoms with Crippen LogP contribution in [-0.2, 0) is 4.43 Å². The monoisotopic (exact) mass is 130 g/mol. The lowest BCUT2D eigenvalue weighted by Crippen LogP contribution is -2.05. The predicted octanol–water partition coefficient (Wildman–Crippen LogP) is 0.638. The summed E-state index contributed by atoms with van der Waals surface area (Å²) in [7, 11) is 0.825. The zero-order chi connectivity index (χ0) is 6.41. The maximum absolute atomic E-state index is 5.16. The Kier molecular flexibility index (Phi) is 5.01. The summed E-state index contributed by atoms with van der Waals surface area (Å²) in [6.07, 6.45) is 4.49. The lowest BCUT2D eigenvalue weighted by atomic mass is 10.2. The van der Waals surface area contributed by atoms with E-state index in [0.29, 0.717) is 6.10 Å². The van der Waals surface area contributed by atoms with Gasteiger partial charge in [0.25, 0.3) is 0 Å². The predicted molar refractivity (Wildman–Crippen MR) is 39.9 cm³/mol. The van der Waals surface area contributed by atoms with Crippen LogP contribution in [0.1, 0.15) is 19.8 Å². The molecule has 0 spiro atoms. The van der Waals surface area contributed by atoms with Crippen molar-refractivity contribution in [2.45, 2.75) is 25.9 Å². The molecule has 1 unspecified atom stereocenters. The lowest BCUT2D eigenvalue weighted by molar-refractivity contribution is 0.261. The van der Waals surface area contributed by atoms with Crippen LogP contribution in [0, 0.1) is 0 Å². The molecule has 0 amide bonds. The number of hydrogen-bond donors (Lipinski definition) is 0. The Morgan fingerprint density at radius 2 is 2.50 bits per heavy atom. The van der Waals surface area contributed by atoms with Crippen LogP contribution in [0.3, 0.4) is 0 Å². The Labute approximate surface area is 54.3 Å². The second kappa shape index (κ2) is 5.06. The molecule has 0 saturated heterocycles. The molecule has 0 bridgehead atoms. The average Bonchev–Trinajstić information content (AvgIpc) is 1.83. The Bertz CT molecular complexity index is 63.5. The minimum atomic E-state index is 0.326. The van der Waals surface area contributed by atoms with Gasteiger partial charge in [-0.3, -0.25) is 0 Å². The molecule has 0 radical (unpaired) electrons. The third-order valence-electron chi connectivity index (χ3n) is 1.14. The third kappa shape index (κ3) is 2.99. The fourth-order valence-electron chi connectivity index (χ4n) is 0.616. The van der Waals surface area contributed by atoms with E-state index in [1.54, 1.807) is 0 Å². The van der Waals surface area contributed by atoms with Gasteiger partial charge in [0.1, 0.15) is 10.5 Å². The topological polar surface area (TPSA) is 9.23 Å². The highest BCUT2D eigenvalue weighted by Crippen LogP contribution is 1.99. The molecule has 0 aromatic rings. The number of hydrogen-bond acceptors (Lipinski definition) is 1. The van der Waals surface area contributed by atoms with Crippen LogP contribution in [0.5, 0.6) is 0 Å². The molecule has 1 nitrogen and oxygen atoms in total. The zero-order valence-electron chi connectivity index (χ0n) is 5.68. The SMILES string of the molecule is C=CC(CCC)O[SiH3]. The maximum Gasteiger partial charge on any atom is 0.146 e. The minimum absolute atomic E-state index is 0.326. The Hall–Kier alpha value is -0.0831. The van der Waals surface area contributed by atoms with Gasteiger partial charge in [-0.2, -0.15) is 0 Å². The largest absolute Gasteiger partial charge is 0.422 e. The molecule has 0 aliphatic heterocycles. The average molecular weight is 130 g/mol. The van der Waals surface area contributed by atoms with Crippen molar-refractivity contribution in [2.75, 3.05) is 0 Å².